The van der Waals surface area contributed by atoms with Gasteiger partial charge in [-0.05, 0) is 47.5 Å². The van der Waals surface area contributed by atoms with Crippen LogP contribution in [0.2, 0.25) is 0 Å². The smallest absolute Gasteiger partial charge is 0.301 e. The summed E-state index contributed by atoms with van der Waals surface area (Å²) in [4.78, 5) is 20.6. The van der Waals surface area contributed by atoms with Crippen molar-refractivity contribution in [3.63, 3.8) is 0 Å². The Morgan fingerprint density at radius 1 is 0.964 bits per heavy atom. The predicted molar refractivity (Wildman–Crippen MR) is 106 cm³/mol. The van der Waals surface area contributed by atoms with E-state index < -0.39 is 15.5 Å². The molecule has 0 saturated heterocycles. The normalized spacial score (nSPS) is 11.3. The van der Waals surface area contributed by atoms with Crippen molar-refractivity contribution in [2.24, 2.45) is 5.10 Å². The number of hydrogen-bond donors (Lipinski definition) is 1. The van der Waals surface area contributed by atoms with Crippen molar-refractivity contribution in [1.82, 2.24) is 0 Å². The fraction of sp³-hybridized carbons (Fsp3) is 0.105. The van der Waals surface area contributed by atoms with E-state index in [1.165, 1.54) is 12.1 Å². The van der Waals surface area contributed by atoms with Gasteiger partial charge < -0.3 is 4.74 Å². The number of nitro benzene ring substituents is 2. The first-order valence-corrected chi connectivity index (χ1v) is 8.20. The molecule has 9 nitrogen and oxygen atoms in total. The first kappa shape index (κ1) is 18.8. The van der Waals surface area contributed by atoms with E-state index in [1.807, 2.05) is 36.4 Å². The van der Waals surface area contributed by atoms with Gasteiger partial charge in [-0.3, -0.25) is 25.7 Å². The highest BCUT2D eigenvalue weighted by molar-refractivity contribution is 6.02. The van der Waals surface area contributed by atoms with Gasteiger partial charge in [-0.15, -0.1) is 0 Å². The number of nitrogens with zero attached hydrogens (tertiary/aromatic N) is 3. The van der Waals surface area contributed by atoms with Gasteiger partial charge in [0.1, 0.15) is 11.4 Å². The number of rotatable bonds is 6. The number of anilines is 1. The molecule has 0 saturated carbocycles. The fourth-order valence-electron chi connectivity index (χ4n) is 2.66. The van der Waals surface area contributed by atoms with Gasteiger partial charge in [0.15, 0.2) is 0 Å². The molecule has 9 heteroatoms. The zero-order valence-electron chi connectivity index (χ0n) is 15.1. The summed E-state index contributed by atoms with van der Waals surface area (Å²) >= 11 is 0. The largest absolute Gasteiger partial charge is 0.497 e. The Morgan fingerprint density at radius 2 is 1.68 bits per heavy atom. The van der Waals surface area contributed by atoms with Crippen LogP contribution in [-0.2, 0) is 0 Å². The minimum absolute atomic E-state index is 0.0699. The molecule has 0 bridgehead atoms. The maximum absolute atomic E-state index is 11.2. The van der Waals surface area contributed by atoms with Gasteiger partial charge in [0.25, 0.3) is 5.69 Å². The van der Waals surface area contributed by atoms with Crippen molar-refractivity contribution in [3.05, 3.63) is 80.4 Å². The van der Waals surface area contributed by atoms with Gasteiger partial charge in [-0.1, -0.05) is 18.2 Å². The van der Waals surface area contributed by atoms with Gasteiger partial charge in [-0.2, -0.15) is 5.10 Å². The van der Waals surface area contributed by atoms with E-state index >= 15 is 0 Å². The summed E-state index contributed by atoms with van der Waals surface area (Å²) in [5, 5.41) is 28.2. The van der Waals surface area contributed by atoms with Gasteiger partial charge >= 0.3 is 5.69 Å². The molecule has 0 fully saturated rings. The molecule has 1 N–H and O–H groups in total. The maximum atomic E-state index is 11.2. The second-order valence-electron chi connectivity index (χ2n) is 5.95. The number of ether oxygens (including phenoxy) is 1. The van der Waals surface area contributed by atoms with Gasteiger partial charge in [0.2, 0.25) is 0 Å². The number of nitrogens with one attached hydrogen (secondary N) is 1. The van der Waals surface area contributed by atoms with Crippen molar-refractivity contribution in [1.29, 1.82) is 0 Å². The van der Waals surface area contributed by atoms with Crippen LogP contribution >= 0.6 is 0 Å². The molecular weight excluding hydrogens is 364 g/mol. The Kier molecular flexibility index (Phi) is 5.16. The topological polar surface area (TPSA) is 120 Å². The molecule has 0 aliphatic carbocycles. The van der Waals surface area contributed by atoms with Crippen molar-refractivity contribution in [2.45, 2.75) is 6.92 Å². The van der Waals surface area contributed by atoms with Gasteiger partial charge in [-0.25, -0.2) is 0 Å². The van der Waals surface area contributed by atoms with Crippen molar-refractivity contribution < 1.29 is 14.6 Å². The number of non-ortho nitro benzene ring substituents is 1. The monoisotopic (exact) mass is 380 g/mol. The number of nitro groups is 2. The minimum Gasteiger partial charge on any atom is -0.497 e. The molecule has 0 heterocycles. The number of fused-ring (bicyclic) bond motifs is 1. The highest BCUT2D eigenvalue weighted by Crippen LogP contribution is 2.29. The minimum atomic E-state index is -0.691. The molecule has 0 aromatic heterocycles. The average molecular weight is 380 g/mol. The average Bonchev–Trinajstić information content (AvgIpc) is 2.70. The highest BCUT2D eigenvalue weighted by Gasteiger charge is 2.19. The molecule has 0 atom stereocenters. The summed E-state index contributed by atoms with van der Waals surface area (Å²) in [6.07, 6.45) is 0. The SMILES string of the molecule is COc1ccc2cc(C(C)=NNc3ccc([N+](=O)[O-])cc3[N+](=O)[O-])ccc2c1. The van der Waals surface area contributed by atoms with E-state index in [1.54, 1.807) is 14.0 Å². The molecule has 0 aliphatic rings. The first-order chi connectivity index (χ1) is 13.4. The van der Waals surface area contributed by atoms with Crippen LogP contribution in [0.4, 0.5) is 17.1 Å². The molecule has 3 aromatic rings. The summed E-state index contributed by atoms with van der Waals surface area (Å²) in [5.41, 5.74) is 3.35. The second kappa shape index (κ2) is 7.70. The Hall–Kier alpha value is -4.01. The highest BCUT2D eigenvalue weighted by atomic mass is 16.6. The Balaban J connectivity index is 1.89. The molecule has 142 valence electrons. The van der Waals surface area contributed by atoms with Crippen LogP contribution in [0.5, 0.6) is 5.75 Å². The van der Waals surface area contributed by atoms with E-state index in [2.05, 4.69) is 10.5 Å². The van der Waals surface area contributed by atoms with Crippen LogP contribution in [0.25, 0.3) is 10.8 Å². The van der Waals surface area contributed by atoms with Crippen LogP contribution in [0.1, 0.15) is 12.5 Å². The molecule has 0 spiro atoms. The van der Waals surface area contributed by atoms with Gasteiger partial charge in [0.05, 0.1) is 28.7 Å². The lowest BCUT2D eigenvalue weighted by Crippen LogP contribution is -2.02. The van der Waals surface area contributed by atoms with Crippen molar-refractivity contribution in [2.75, 3.05) is 12.5 Å². The van der Waals surface area contributed by atoms with Crippen LogP contribution in [-0.4, -0.2) is 22.7 Å². The third kappa shape index (κ3) is 3.88. The summed E-state index contributed by atoms with van der Waals surface area (Å²) in [6.45, 7) is 1.76. The van der Waals surface area contributed by atoms with Crippen LogP contribution in [0.3, 0.4) is 0 Å². The summed E-state index contributed by atoms with van der Waals surface area (Å²) in [7, 11) is 1.61. The fourth-order valence-corrected chi connectivity index (χ4v) is 2.66. The van der Waals surface area contributed by atoms with E-state index in [4.69, 9.17) is 4.74 Å². The van der Waals surface area contributed by atoms with Crippen molar-refractivity contribution in [3.8, 4) is 5.75 Å². The zero-order chi connectivity index (χ0) is 20.3. The molecule has 3 aromatic carbocycles. The lowest BCUT2D eigenvalue weighted by atomic mass is 10.0. The Bertz CT molecular complexity index is 1110. The van der Waals surface area contributed by atoms with Crippen LogP contribution in [0.15, 0.2) is 59.7 Å². The van der Waals surface area contributed by atoms with Crippen LogP contribution < -0.4 is 10.2 Å². The third-order valence-electron chi connectivity index (χ3n) is 4.20. The molecule has 0 unspecified atom stereocenters. The third-order valence-corrected chi connectivity index (χ3v) is 4.20. The molecule has 3 rings (SSSR count). The zero-order valence-corrected chi connectivity index (χ0v) is 15.1. The lowest BCUT2D eigenvalue weighted by molar-refractivity contribution is -0.393. The van der Waals surface area contributed by atoms with Crippen molar-refractivity contribution >= 4 is 33.5 Å². The first-order valence-electron chi connectivity index (χ1n) is 8.20. The molecule has 28 heavy (non-hydrogen) atoms. The summed E-state index contributed by atoms with van der Waals surface area (Å²) in [5.74, 6) is 0.762. The summed E-state index contributed by atoms with van der Waals surface area (Å²) in [6, 6.07) is 14.8. The molecule has 0 aliphatic heterocycles. The second-order valence-corrected chi connectivity index (χ2v) is 5.95. The Morgan fingerprint density at radius 3 is 2.36 bits per heavy atom. The predicted octanol–water partition coefficient (Wildman–Crippen LogP) is 4.50. The number of benzene rings is 3. The number of hydrazone groups is 1. The lowest BCUT2D eigenvalue weighted by Gasteiger charge is -2.07. The number of hydrogen-bond acceptors (Lipinski definition) is 7. The van der Waals surface area contributed by atoms with Crippen LogP contribution in [0, 0.1) is 20.2 Å². The maximum Gasteiger partial charge on any atom is 0.301 e. The summed E-state index contributed by atoms with van der Waals surface area (Å²) < 4.78 is 5.21. The molecule has 0 radical (unpaired) electrons. The molecule has 0 amide bonds. The van der Waals surface area contributed by atoms with E-state index in [9.17, 15) is 20.2 Å². The Labute approximate surface area is 159 Å². The molecular formula is C19H16N4O5. The van der Waals surface area contributed by atoms with E-state index in [-0.39, 0.29) is 11.4 Å². The standard InChI is InChI=1S/C19H16N4O5/c1-12(13-3-4-15-10-17(28-2)7-5-14(15)9-13)20-21-18-8-6-16(22(24)25)11-19(18)23(26)27/h3-11,21H,1-2H3. The van der Waals surface area contributed by atoms with E-state index in [0.29, 0.717) is 5.71 Å². The quantitative estimate of drug-likeness (QED) is 0.382. The number of methoxy groups -OCH3 is 1. The van der Waals surface area contributed by atoms with Gasteiger partial charge in [0, 0.05) is 6.07 Å². The van der Waals surface area contributed by atoms with E-state index in [0.717, 1.165) is 28.2 Å².